The average molecular weight is 372 g/mol. The van der Waals surface area contributed by atoms with Crippen LogP contribution in [-0.2, 0) is 12.8 Å². The van der Waals surface area contributed by atoms with Gasteiger partial charge in [-0.2, -0.15) is 0 Å². The minimum absolute atomic E-state index is 0.193. The number of halogens is 3. The summed E-state index contributed by atoms with van der Waals surface area (Å²) in [5, 5.41) is 1.53. The summed E-state index contributed by atoms with van der Waals surface area (Å²) in [5.74, 6) is 0.991. The third-order valence-corrected chi connectivity index (χ3v) is 4.53. The lowest BCUT2D eigenvalue weighted by Gasteiger charge is -2.16. The van der Waals surface area contributed by atoms with Crippen molar-refractivity contribution in [3.63, 3.8) is 0 Å². The second-order valence-corrected chi connectivity index (χ2v) is 6.10. The Balaban J connectivity index is 2.14. The highest BCUT2D eigenvalue weighted by atomic mass is 79.9. The molecule has 2 aromatic rings. The molecule has 0 saturated carbocycles. The van der Waals surface area contributed by atoms with E-state index in [0.29, 0.717) is 10.9 Å². The molecule has 0 N–H and O–H groups in total. The summed E-state index contributed by atoms with van der Waals surface area (Å²) >= 11 is 9.61. The molecule has 0 aromatic heterocycles. The monoisotopic (exact) mass is 370 g/mol. The molecule has 1 unspecified atom stereocenters. The molecule has 1 nitrogen and oxygen atoms in total. The Labute approximate surface area is 138 Å². The number of ether oxygens (including phenoxy) is 1. The highest BCUT2D eigenvalue weighted by molar-refractivity contribution is 9.09. The van der Waals surface area contributed by atoms with Crippen LogP contribution in [0.4, 0.5) is 4.39 Å². The van der Waals surface area contributed by atoms with E-state index in [1.54, 1.807) is 19.2 Å². The maximum Gasteiger partial charge on any atom is 0.123 e. The van der Waals surface area contributed by atoms with Crippen molar-refractivity contribution >= 4 is 27.5 Å². The lowest BCUT2D eigenvalue weighted by Crippen LogP contribution is -2.11. The molecule has 0 amide bonds. The standard InChI is InChI=1S/C17H17BrClFO/c1-21-17-6-5-15(19)10-14(17)8-13(11-18)7-12-3-2-4-16(20)9-12/h2-6,9-10,13H,7-8,11H2,1H3. The van der Waals surface area contributed by atoms with Crippen molar-refractivity contribution in [2.45, 2.75) is 12.8 Å². The summed E-state index contributed by atoms with van der Waals surface area (Å²) < 4.78 is 18.7. The first-order chi connectivity index (χ1) is 10.1. The van der Waals surface area contributed by atoms with Crippen molar-refractivity contribution in [1.29, 1.82) is 0 Å². The maximum absolute atomic E-state index is 13.3. The van der Waals surface area contributed by atoms with E-state index in [-0.39, 0.29) is 5.82 Å². The van der Waals surface area contributed by atoms with Crippen LogP contribution in [0.1, 0.15) is 11.1 Å². The summed E-state index contributed by atoms with van der Waals surface area (Å²) in [6.07, 6.45) is 1.63. The quantitative estimate of drug-likeness (QED) is 0.627. The minimum atomic E-state index is -0.193. The van der Waals surface area contributed by atoms with Crippen molar-refractivity contribution < 1.29 is 9.13 Å². The molecular weight excluding hydrogens is 355 g/mol. The van der Waals surface area contributed by atoms with Gasteiger partial charge in [0, 0.05) is 10.4 Å². The number of hydrogen-bond acceptors (Lipinski definition) is 1. The predicted octanol–water partition coefficient (Wildman–Crippen LogP) is 5.28. The molecule has 0 spiro atoms. The molecule has 112 valence electrons. The van der Waals surface area contributed by atoms with E-state index in [1.807, 2.05) is 24.3 Å². The van der Waals surface area contributed by atoms with Crippen molar-refractivity contribution in [1.82, 2.24) is 0 Å². The molecule has 2 rings (SSSR count). The van der Waals surface area contributed by atoms with Crippen LogP contribution in [0.15, 0.2) is 42.5 Å². The van der Waals surface area contributed by atoms with Gasteiger partial charge in [-0.1, -0.05) is 39.7 Å². The van der Waals surface area contributed by atoms with E-state index >= 15 is 0 Å². The molecule has 21 heavy (non-hydrogen) atoms. The third kappa shape index (κ3) is 4.72. The average Bonchev–Trinajstić information content (AvgIpc) is 2.47. The zero-order valence-corrected chi connectivity index (χ0v) is 14.1. The van der Waals surface area contributed by atoms with Gasteiger partial charge in [-0.05, 0) is 60.2 Å². The zero-order valence-electron chi connectivity index (χ0n) is 11.8. The Kier molecular flexibility index (Phi) is 6.07. The van der Waals surface area contributed by atoms with Crippen LogP contribution >= 0.6 is 27.5 Å². The summed E-state index contributed by atoms with van der Waals surface area (Å²) in [5.41, 5.74) is 2.08. The van der Waals surface area contributed by atoms with E-state index < -0.39 is 0 Å². The number of methoxy groups -OCH3 is 1. The Hall–Kier alpha value is -1.06. The van der Waals surface area contributed by atoms with E-state index in [4.69, 9.17) is 16.3 Å². The first-order valence-corrected chi connectivity index (χ1v) is 8.25. The number of rotatable bonds is 6. The fourth-order valence-corrected chi connectivity index (χ4v) is 3.05. The van der Waals surface area contributed by atoms with Crippen LogP contribution in [0.3, 0.4) is 0 Å². The van der Waals surface area contributed by atoms with E-state index in [0.717, 1.165) is 35.0 Å². The molecule has 0 radical (unpaired) electrons. The molecule has 0 bridgehead atoms. The van der Waals surface area contributed by atoms with Gasteiger partial charge >= 0.3 is 0 Å². The fourth-order valence-electron chi connectivity index (χ4n) is 2.40. The highest BCUT2D eigenvalue weighted by Gasteiger charge is 2.13. The molecule has 0 aliphatic rings. The molecule has 0 saturated heterocycles. The van der Waals surface area contributed by atoms with Gasteiger partial charge in [0.25, 0.3) is 0 Å². The van der Waals surface area contributed by atoms with Gasteiger partial charge in [0.1, 0.15) is 11.6 Å². The van der Waals surface area contributed by atoms with Crippen molar-refractivity contribution in [3.05, 3.63) is 64.4 Å². The first-order valence-electron chi connectivity index (χ1n) is 6.75. The summed E-state index contributed by atoms with van der Waals surface area (Å²) in [6, 6.07) is 12.4. The normalized spacial score (nSPS) is 12.2. The predicted molar refractivity (Wildman–Crippen MR) is 89.1 cm³/mol. The van der Waals surface area contributed by atoms with Gasteiger partial charge in [-0.15, -0.1) is 0 Å². The Bertz CT molecular complexity index is 603. The highest BCUT2D eigenvalue weighted by Crippen LogP contribution is 2.27. The van der Waals surface area contributed by atoms with Gasteiger partial charge in [0.15, 0.2) is 0 Å². The fraction of sp³-hybridized carbons (Fsp3) is 0.294. The molecule has 0 aliphatic carbocycles. The topological polar surface area (TPSA) is 9.23 Å². The minimum Gasteiger partial charge on any atom is -0.496 e. The van der Waals surface area contributed by atoms with Gasteiger partial charge in [-0.25, -0.2) is 4.39 Å². The Morgan fingerprint density at radius 2 is 2.00 bits per heavy atom. The Morgan fingerprint density at radius 3 is 2.67 bits per heavy atom. The van der Waals surface area contributed by atoms with E-state index in [1.165, 1.54) is 6.07 Å². The van der Waals surface area contributed by atoms with Crippen LogP contribution in [0.5, 0.6) is 5.75 Å². The lowest BCUT2D eigenvalue weighted by molar-refractivity contribution is 0.406. The summed E-state index contributed by atoms with van der Waals surface area (Å²) in [4.78, 5) is 0. The van der Waals surface area contributed by atoms with E-state index in [2.05, 4.69) is 15.9 Å². The zero-order chi connectivity index (χ0) is 15.2. The van der Waals surface area contributed by atoms with Gasteiger partial charge < -0.3 is 4.74 Å². The molecule has 2 aromatic carbocycles. The summed E-state index contributed by atoms with van der Waals surface area (Å²) in [7, 11) is 1.66. The molecule has 4 heteroatoms. The SMILES string of the molecule is COc1ccc(Cl)cc1CC(CBr)Cc1cccc(F)c1. The molecule has 0 fully saturated rings. The van der Waals surface area contributed by atoms with Crippen molar-refractivity contribution in [3.8, 4) is 5.75 Å². The van der Waals surface area contributed by atoms with Crippen LogP contribution in [0.2, 0.25) is 5.02 Å². The van der Waals surface area contributed by atoms with Gasteiger partial charge in [-0.3, -0.25) is 0 Å². The smallest absolute Gasteiger partial charge is 0.123 e. The molecule has 0 aliphatic heterocycles. The summed E-state index contributed by atoms with van der Waals surface area (Å²) in [6.45, 7) is 0. The first kappa shape index (κ1) is 16.3. The number of hydrogen-bond donors (Lipinski definition) is 0. The van der Waals surface area contributed by atoms with E-state index in [9.17, 15) is 4.39 Å². The van der Waals surface area contributed by atoms with Crippen molar-refractivity contribution in [2.75, 3.05) is 12.4 Å². The van der Waals surface area contributed by atoms with Gasteiger partial charge in [0.2, 0.25) is 0 Å². The van der Waals surface area contributed by atoms with Crippen LogP contribution in [0.25, 0.3) is 0 Å². The van der Waals surface area contributed by atoms with Gasteiger partial charge in [0.05, 0.1) is 7.11 Å². The van der Waals surface area contributed by atoms with Crippen LogP contribution in [0, 0.1) is 11.7 Å². The molecule has 1 atom stereocenters. The van der Waals surface area contributed by atoms with Crippen molar-refractivity contribution in [2.24, 2.45) is 5.92 Å². The Morgan fingerprint density at radius 1 is 1.19 bits per heavy atom. The third-order valence-electron chi connectivity index (χ3n) is 3.38. The lowest BCUT2D eigenvalue weighted by atomic mass is 9.94. The largest absolute Gasteiger partial charge is 0.496 e. The second kappa shape index (κ2) is 7.81. The maximum atomic E-state index is 13.3. The number of alkyl halides is 1. The molecule has 0 heterocycles. The van der Waals surface area contributed by atoms with Crippen LogP contribution in [-0.4, -0.2) is 12.4 Å². The second-order valence-electron chi connectivity index (χ2n) is 5.01. The number of benzene rings is 2. The molecular formula is C17H17BrClFO. The van der Waals surface area contributed by atoms with Crippen LogP contribution < -0.4 is 4.74 Å².